The van der Waals surface area contributed by atoms with E-state index in [0.717, 1.165) is 61.5 Å². The molecule has 1 N–H and O–H groups in total. The van der Waals surface area contributed by atoms with Crippen molar-refractivity contribution in [3.63, 3.8) is 0 Å². The molecule has 0 aliphatic carbocycles. The first-order valence-corrected chi connectivity index (χ1v) is 10.8. The summed E-state index contributed by atoms with van der Waals surface area (Å²) in [5.74, 6) is 0.925. The maximum absolute atomic E-state index is 13.1. The lowest BCUT2D eigenvalue weighted by Gasteiger charge is -2.42. The number of nitrogens with zero attached hydrogens (tertiary/aromatic N) is 2. The van der Waals surface area contributed by atoms with Gasteiger partial charge in [-0.3, -0.25) is 9.59 Å². The van der Waals surface area contributed by atoms with Crippen molar-refractivity contribution in [2.45, 2.75) is 19.5 Å². The highest BCUT2D eigenvalue weighted by Crippen LogP contribution is 2.25. The van der Waals surface area contributed by atoms with Gasteiger partial charge in [-0.25, -0.2) is 0 Å². The van der Waals surface area contributed by atoms with Gasteiger partial charge in [0.1, 0.15) is 18.9 Å². The van der Waals surface area contributed by atoms with Gasteiger partial charge in [-0.2, -0.15) is 0 Å². The molecule has 6 heteroatoms. The summed E-state index contributed by atoms with van der Waals surface area (Å²) in [4.78, 5) is 25.9. The predicted molar refractivity (Wildman–Crippen MR) is 115 cm³/mol. The summed E-state index contributed by atoms with van der Waals surface area (Å²) in [6.07, 6.45) is 1.36. The Morgan fingerprint density at radius 3 is 2.70 bits per heavy atom. The average molecular weight is 409 g/mol. The highest BCUT2D eigenvalue weighted by molar-refractivity contribution is 5.96. The third-order valence-corrected chi connectivity index (χ3v) is 6.24. The van der Waals surface area contributed by atoms with Crippen molar-refractivity contribution >= 4 is 12.2 Å². The van der Waals surface area contributed by atoms with Crippen LogP contribution in [0.25, 0.3) is 0 Å². The Morgan fingerprint density at radius 1 is 1.13 bits per heavy atom. The second-order valence-corrected chi connectivity index (χ2v) is 8.33. The molecule has 30 heavy (non-hydrogen) atoms. The lowest BCUT2D eigenvalue weighted by atomic mass is 10.0. The summed E-state index contributed by atoms with van der Waals surface area (Å²) >= 11 is 0. The molecule has 2 aliphatic rings. The number of fused-ring (bicyclic) bond motifs is 1. The molecule has 0 bridgehead atoms. The van der Waals surface area contributed by atoms with Crippen LogP contribution in [0.15, 0.2) is 48.5 Å². The molecule has 2 aromatic carbocycles. The van der Waals surface area contributed by atoms with Crippen LogP contribution in [-0.4, -0.2) is 67.5 Å². The second-order valence-electron chi connectivity index (χ2n) is 8.33. The number of quaternary nitrogens is 1. The number of amides is 1. The van der Waals surface area contributed by atoms with Gasteiger partial charge in [-0.1, -0.05) is 30.3 Å². The first-order chi connectivity index (χ1) is 14.7. The average Bonchev–Trinajstić information content (AvgIpc) is 3.00. The summed E-state index contributed by atoms with van der Waals surface area (Å²) < 4.78 is 6.67. The number of ether oxygens (including phenoxy) is 1. The molecule has 2 aliphatic heterocycles. The zero-order valence-corrected chi connectivity index (χ0v) is 17.4. The van der Waals surface area contributed by atoms with Crippen molar-refractivity contribution in [1.82, 2.24) is 10.2 Å². The minimum absolute atomic E-state index is 0.156. The quantitative estimate of drug-likeness (QED) is 0.434. The molecule has 2 heterocycles. The van der Waals surface area contributed by atoms with E-state index in [1.165, 1.54) is 5.56 Å². The third kappa shape index (κ3) is 4.89. The summed E-state index contributed by atoms with van der Waals surface area (Å²) in [7, 11) is 0. The van der Waals surface area contributed by atoms with Crippen molar-refractivity contribution in [3.8, 4) is 5.75 Å². The Labute approximate surface area is 178 Å². The normalized spacial score (nSPS) is 18.1. The first kappa shape index (κ1) is 20.6. The molecule has 0 spiro atoms. The van der Waals surface area contributed by atoms with Crippen LogP contribution in [0.5, 0.6) is 5.75 Å². The minimum atomic E-state index is 0.156. The molecule has 0 unspecified atom stereocenters. The number of carbonyl (C=O) groups excluding carboxylic acids is 2. The molecule has 2 aromatic rings. The van der Waals surface area contributed by atoms with Crippen molar-refractivity contribution in [3.05, 3.63) is 65.2 Å². The second kappa shape index (κ2) is 9.41. The van der Waals surface area contributed by atoms with E-state index in [-0.39, 0.29) is 5.78 Å². The van der Waals surface area contributed by atoms with Gasteiger partial charge in [-0.05, 0) is 18.2 Å². The highest BCUT2D eigenvalue weighted by atomic mass is 16.5. The van der Waals surface area contributed by atoms with Crippen LogP contribution >= 0.6 is 0 Å². The Bertz CT molecular complexity index is 879. The largest absolute Gasteiger partial charge is 0.491 e. The molecule has 0 atom stereocenters. The molecule has 1 fully saturated rings. The maximum Gasteiger partial charge on any atom is 0.210 e. The highest BCUT2D eigenvalue weighted by Gasteiger charge is 2.31. The Kier molecular flexibility index (Phi) is 6.45. The van der Waals surface area contributed by atoms with Crippen molar-refractivity contribution in [2.75, 3.05) is 45.9 Å². The van der Waals surface area contributed by atoms with Crippen LogP contribution in [0.3, 0.4) is 0 Å². The molecule has 0 saturated carbocycles. The SMILES string of the molecule is O=CN1CCOc2ccc(C(=O)CC[N+]3(Cc4ccccc4)CCNCC3)cc2C1. The fraction of sp³-hybridized carbons (Fsp3) is 0.417. The van der Waals surface area contributed by atoms with Gasteiger partial charge in [0.2, 0.25) is 6.41 Å². The summed E-state index contributed by atoms with van der Waals surface area (Å²) in [5.41, 5.74) is 2.93. The van der Waals surface area contributed by atoms with Crippen LogP contribution in [0, 0.1) is 0 Å². The van der Waals surface area contributed by atoms with Crippen molar-refractivity contribution < 1.29 is 18.8 Å². The van der Waals surface area contributed by atoms with E-state index in [9.17, 15) is 9.59 Å². The molecule has 0 radical (unpaired) electrons. The van der Waals surface area contributed by atoms with E-state index in [1.807, 2.05) is 24.3 Å². The molecular formula is C24H30N3O3+. The molecule has 4 rings (SSSR count). The van der Waals surface area contributed by atoms with Gasteiger partial charge in [-0.15, -0.1) is 0 Å². The van der Waals surface area contributed by atoms with Gasteiger partial charge in [0.15, 0.2) is 5.78 Å². The summed E-state index contributed by atoms with van der Waals surface area (Å²) in [6.45, 7) is 7.37. The molecule has 0 aromatic heterocycles. The van der Waals surface area contributed by atoms with E-state index in [1.54, 1.807) is 4.90 Å². The smallest absolute Gasteiger partial charge is 0.210 e. The number of carbonyl (C=O) groups is 2. The van der Waals surface area contributed by atoms with Crippen LogP contribution in [0.1, 0.15) is 27.9 Å². The zero-order valence-electron chi connectivity index (χ0n) is 17.4. The summed E-state index contributed by atoms with van der Waals surface area (Å²) in [6, 6.07) is 16.2. The van der Waals surface area contributed by atoms with E-state index in [2.05, 4.69) is 29.6 Å². The molecule has 1 saturated heterocycles. The minimum Gasteiger partial charge on any atom is -0.491 e. The summed E-state index contributed by atoms with van der Waals surface area (Å²) in [5, 5.41) is 3.45. The fourth-order valence-corrected chi connectivity index (χ4v) is 4.46. The van der Waals surface area contributed by atoms with E-state index in [0.29, 0.717) is 31.7 Å². The van der Waals surface area contributed by atoms with Crippen LogP contribution in [0.4, 0.5) is 0 Å². The number of hydrogen-bond donors (Lipinski definition) is 1. The molecule has 158 valence electrons. The predicted octanol–water partition coefficient (Wildman–Crippen LogP) is 2.23. The van der Waals surface area contributed by atoms with Gasteiger partial charge in [0.25, 0.3) is 0 Å². The maximum atomic E-state index is 13.1. The number of ketones is 1. The Morgan fingerprint density at radius 2 is 1.93 bits per heavy atom. The number of Topliss-reactive ketones (excluding diaryl/α,β-unsaturated/α-hetero) is 1. The van der Waals surface area contributed by atoms with Gasteiger partial charge >= 0.3 is 0 Å². The topological polar surface area (TPSA) is 58.6 Å². The molecule has 1 amide bonds. The lowest BCUT2D eigenvalue weighted by Crippen LogP contribution is -2.58. The number of piperazine rings is 1. The number of benzene rings is 2. The van der Waals surface area contributed by atoms with Gasteiger partial charge in [0, 0.05) is 36.3 Å². The monoisotopic (exact) mass is 408 g/mol. The van der Waals surface area contributed by atoms with E-state index < -0.39 is 0 Å². The zero-order chi connectivity index (χ0) is 20.8. The van der Waals surface area contributed by atoms with Crippen LogP contribution < -0.4 is 10.1 Å². The standard InChI is InChI=1S/C24H30N3O3/c28-19-26-11-15-30-24-7-6-21(16-22(24)17-26)23(29)8-12-27(13-9-25-10-14-27)18-20-4-2-1-3-5-20/h1-7,16,19,25H,8-15,17-18H2/q+1. The Hall–Kier alpha value is -2.70. The van der Waals surface area contributed by atoms with Gasteiger partial charge in [0.05, 0.1) is 32.6 Å². The molecule has 6 nitrogen and oxygen atoms in total. The number of rotatable bonds is 7. The number of nitrogens with one attached hydrogen (secondary N) is 1. The van der Waals surface area contributed by atoms with E-state index in [4.69, 9.17) is 4.74 Å². The van der Waals surface area contributed by atoms with Gasteiger partial charge < -0.3 is 19.4 Å². The first-order valence-electron chi connectivity index (χ1n) is 10.8. The Balaban J connectivity index is 1.46. The van der Waals surface area contributed by atoms with Crippen molar-refractivity contribution in [1.29, 1.82) is 0 Å². The van der Waals surface area contributed by atoms with Crippen LogP contribution in [-0.2, 0) is 17.9 Å². The number of hydrogen-bond acceptors (Lipinski definition) is 4. The van der Waals surface area contributed by atoms with Crippen molar-refractivity contribution in [2.24, 2.45) is 0 Å². The van der Waals surface area contributed by atoms with Crippen LogP contribution in [0.2, 0.25) is 0 Å². The fourth-order valence-electron chi connectivity index (χ4n) is 4.46. The van der Waals surface area contributed by atoms with E-state index >= 15 is 0 Å². The molecular weight excluding hydrogens is 378 g/mol. The lowest BCUT2D eigenvalue weighted by molar-refractivity contribution is -0.941. The third-order valence-electron chi connectivity index (χ3n) is 6.24.